The van der Waals surface area contributed by atoms with Gasteiger partial charge < -0.3 is 4.74 Å². The van der Waals surface area contributed by atoms with Crippen LogP contribution in [0.2, 0.25) is 0 Å². The minimum atomic E-state index is -0.167. The number of ketones is 1. The van der Waals surface area contributed by atoms with Crippen molar-refractivity contribution in [3.8, 4) is 11.8 Å². The van der Waals surface area contributed by atoms with Crippen molar-refractivity contribution in [2.45, 2.75) is 13.8 Å². The minimum Gasteiger partial charge on any atom is -0.497 e. The molecule has 0 unspecified atom stereocenters. The molecule has 0 aromatic heterocycles. The zero-order chi connectivity index (χ0) is 12.8. The summed E-state index contributed by atoms with van der Waals surface area (Å²) in [5.41, 5.74) is 1.00. The van der Waals surface area contributed by atoms with Crippen molar-refractivity contribution in [1.82, 2.24) is 0 Å². The molecule has 0 spiro atoms. The fraction of sp³-hybridized carbons (Fsp3) is 0.286. The maximum atomic E-state index is 11.7. The lowest BCUT2D eigenvalue weighted by molar-refractivity contribution is -0.117. The first-order chi connectivity index (χ1) is 8.08. The standard InChI is InChI=1S/C14H15NO2/c1-10(2)14(16)12(9-15)8-11-4-6-13(17-3)7-5-11/h4-8,10H,1-3H3/b12-8-. The zero-order valence-electron chi connectivity index (χ0n) is 10.2. The van der Waals surface area contributed by atoms with Crippen molar-refractivity contribution in [3.05, 3.63) is 35.4 Å². The van der Waals surface area contributed by atoms with Crippen molar-refractivity contribution in [2.75, 3.05) is 7.11 Å². The number of hydrogen-bond donors (Lipinski definition) is 0. The maximum Gasteiger partial charge on any atom is 0.175 e. The van der Waals surface area contributed by atoms with Crippen molar-refractivity contribution in [1.29, 1.82) is 5.26 Å². The summed E-state index contributed by atoms with van der Waals surface area (Å²) in [6.45, 7) is 3.56. The Balaban J connectivity index is 2.99. The monoisotopic (exact) mass is 229 g/mol. The number of carbonyl (C=O) groups is 1. The van der Waals surface area contributed by atoms with Gasteiger partial charge in [0.05, 0.1) is 12.7 Å². The van der Waals surface area contributed by atoms with Gasteiger partial charge in [-0.05, 0) is 23.8 Å². The van der Waals surface area contributed by atoms with E-state index in [2.05, 4.69) is 0 Å². The second-order valence-electron chi connectivity index (χ2n) is 3.96. The van der Waals surface area contributed by atoms with Gasteiger partial charge >= 0.3 is 0 Å². The molecule has 1 aromatic rings. The summed E-state index contributed by atoms with van der Waals surface area (Å²) in [6.07, 6.45) is 1.60. The molecule has 0 saturated heterocycles. The number of methoxy groups -OCH3 is 1. The molecule has 0 fully saturated rings. The van der Waals surface area contributed by atoms with Crippen molar-refractivity contribution >= 4 is 11.9 Å². The Kier molecular flexibility index (Phi) is 4.47. The molecule has 88 valence electrons. The van der Waals surface area contributed by atoms with Gasteiger partial charge in [0.2, 0.25) is 0 Å². The average Bonchev–Trinajstić information content (AvgIpc) is 2.35. The van der Waals surface area contributed by atoms with Crippen LogP contribution >= 0.6 is 0 Å². The number of rotatable bonds is 4. The fourth-order valence-corrected chi connectivity index (χ4v) is 1.34. The van der Waals surface area contributed by atoms with Crippen LogP contribution in [0.3, 0.4) is 0 Å². The highest BCUT2D eigenvalue weighted by Gasteiger charge is 2.12. The fourth-order valence-electron chi connectivity index (χ4n) is 1.34. The largest absolute Gasteiger partial charge is 0.497 e. The van der Waals surface area contributed by atoms with Gasteiger partial charge in [-0.2, -0.15) is 5.26 Å². The lowest BCUT2D eigenvalue weighted by Crippen LogP contribution is -2.08. The predicted octanol–water partition coefficient (Wildman–Crippen LogP) is 2.83. The second-order valence-corrected chi connectivity index (χ2v) is 3.96. The van der Waals surface area contributed by atoms with E-state index in [4.69, 9.17) is 10.00 Å². The SMILES string of the molecule is COc1ccc(/C=C(/C#N)C(=O)C(C)C)cc1. The molecule has 0 aliphatic rings. The van der Waals surface area contributed by atoms with E-state index in [-0.39, 0.29) is 17.3 Å². The van der Waals surface area contributed by atoms with Crippen LogP contribution in [0.5, 0.6) is 5.75 Å². The Morgan fingerprint density at radius 2 is 1.94 bits per heavy atom. The molecule has 0 aliphatic heterocycles. The first kappa shape index (κ1) is 13.0. The van der Waals surface area contributed by atoms with Crippen LogP contribution < -0.4 is 4.74 Å². The Hall–Kier alpha value is -2.08. The van der Waals surface area contributed by atoms with Gasteiger partial charge in [0.1, 0.15) is 11.8 Å². The number of nitriles is 1. The van der Waals surface area contributed by atoms with Gasteiger partial charge in [0.15, 0.2) is 5.78 Å². The smallest absolute Gasteiger partial charge is 0.175 e. The maximum absolute atomic E-state index is 11.7. The molecule has 1 rings (SSSR count). The molecular weight excluding hydrogens is 214 g/mol. The number of ether oxygens (including phenoxy) is 1. The van der Waals surface area contributed by atoms with Crippen LogP contribution in [0.15, 0.2) is 29.8 Å². The third-order valence-electron chi connectivity index (χ3n) is 2.34. The minimum absolute atomic E-state index is 0.136. The molecule has 0 saturated carbocycles. The van der Waals surface area contributed by atoms with E-state index in [1.807, 2.05) is 18.2 Å². The van der Waals surface area contributed by atoms with E-state index in [1.54, 1.807) is 39.2 Å². The molecule has 17 heavy (non-hydrogen) atoms. The number of Topliss-reactive ketones (excluding diaryl/α,β-unsaturated/α-hetero) is 1. The number of carbonyl (C=O) groups excluding carboxylic acids is 1. The zero-order valence-corrected chi connectivity index (χ0v) is 10.2. The highest BCUT2D eigenvalue weighted by molar-refractivity contribution is 6.04. The average molecular weight is 229 g/mol. The third kappa shape index (κ3) is 3.46. The van der Waals surface area contributed by atoms with Crippen LogP contribution in [-0.4, -0.2) is 12.9 Å². The summed E-state index contributed by atoms with van der Waals surface area (Å²) in [5, 5.41) is 8.94. The van der Waals surface area contributed by atoms with Gasteiger partial charge in [0.25, 0.3) is 0 Å². The summed E-state index contributed by atoms with van der Waals surface area (Å²) in [6, 6.07) is 9.14. The van der Waals surface area contributed by atoms with E-state index in [0.29, 0.717) is 0 Å². The Labute approximate surface area is 101 Å². The first-order valence-corrected chi connectivity index (χ1v) is 5.38. The summed E-state index contributed by atoms with van der Waals surface area (Å²) in [7, 11) is 1.59. The number of nitrogens with zero attached hydrogens (tertiary/aromatic N) is 1. The van der Waals surface area contributed by atoms with Gasteiger partial charge in [-0.25, -0.2) is 0 Å². The van der Waals surface area contributed by atoms with Crippen molar-refractivity contribution < 1.29 is 9.53 Å². The molecule has 3 heteroatoms. The molecule has 0 aliphatic carbocycles. The van der Waals surface area contributed by atoms with E-state index in [1.165, 1.54) is 0 Å². The highest BCUT2D eigenvalue weighted by Crippen LogP contribution is 2.15. The van der Waals surface area contributed by atoms with E-state index >= 15 is 0 Å². The molecule has 0 heterocycles. The second kappa shape index (κ2) is 5.86. The summed E-state index contributed by atoms with van der Waals surface area (Å²) < 4.78 is 5.03. The van der Waals surface area contributed by atoms with Crippen LogP contribution in [0.25, 0.3) is 6.08 Å². The van der Waals surface area contributed by atoms with Gasteiger partial charge in [-0.1, -0.05) is 26.0 Å². The van der Waals surface area contributed by atoms with Crippen molar-refractivity contribution in [3.63, 3.8) is 0 Å². The molecule has 3 nitrogen and oxygen atoms in total. The third-order valence-corrected chi connectivity index (χ3v) is 2.34. The van der Waals surface area contributed by atoms with Crippen LogP contribution in [0.4, 0.5) is 0 Å². The first-order valence-electron chi connectivity index (χ1n) is 5.38. The molecule has 0 N–H and O–H groups in total. The lowest BCUT2D eigenvalue weighted by Gasteiger charge is -2.03. The van der Waals surface area contributed by atoms with Gasteiger partial charge in [-0.15, -0.1) is 0 Å². The normalized spacial score (nSPS) is 11.1. The van der Waals surface area contributed by atoms with E-state index < -0.39 is 0 Å². The van der Waals surface area contributed by atoms with E-state index in [0.717, 1.165) is 11.3 Å². The number of hydrogen-bond acceptors (Lipinski definition) is 3. The predicted molar refractivity (Wildman–Crippen MR) is 66.4 cm³/mol. The van der Waals surface area contributed by atoms with Crippen LogP contribution in [0, 0.1) is 17.2 Å². The van der Waals surface area contributed by atoms with Gasteiger partial charge in [-0.3, -0.25) is 4.79 Å². The summed E-state index contributed by atoms with van der Waals surface area (Å²) in [5.74, 6) is 0.443. The van der Waals surface area contributed by atoms with Gasteiger partial charge in [0, 0.05) is 5.92 Å². The topological polar surface area (TPSA) is 50.1 Å². The van der Waals surface area contributed by atoms with Crippen LogP contribution in [-0.2, 0) is 4.79 Å². The quantitative estimate of drug-likeness (QED) is 0.589. The highest BCUT2D eigenvalue weighted by atomic mass is 16.5. The summed E-state index contributed by atoms with van der Waals surface area (Å²) >= 11 is 0. The Morgan fingerprint density at radius 1 is 1.35 bits per heavy atom. The summed E-state index contributed by atoms with van der Waals surface area (Å²) in [4.78, 5) is 11.7. The molecule has 0 radical (unpaired) electrons. The molecule has 1 aromatic carbocycles. The van der Waals surface area contributed by atoms with E-state index in [9.17, 15) is 4.79 Å². The number of allylic oxidation sites excluding steroid dienone is 1. The molecular formula is C14H15NO2. The van der Waals surface area contributed by atoms with Crippen molar-refractivity contribution in [2.24, 2.45) is 5.92 Å². The number of benzene rings is 1. The molecule has 0 atom stereocenters. The lowest BCUT2D eigenvalue weighted by atomic mass is 10.00. The molecule has 0 bridgehead atoms. The van der Waals surface area contributed by atoms with Crippen LogP contribution in [0.1, 0.15) is 19.4 Å². The Morgan fingerprint density at radius 3 is 2.35 bits per heavy atom. The molecule has 0 amide bonds. The Bertz CT molecular complexity index is 464.